The Labute approximate surface area is 295 Å². The minimum atomic E-state index is 0.540. The lowest BCUT2D eigenvalue weighted by Gasteiger charge is -2.11. The first kappa shape index (κ1) is 29.9. The highest BCUT2D eigenvalue weighted by molar-refractivity contribution is 6.13. The second-order valence-corrected chi connectivity index (χ2v) is 12.3. The van der Waals surface area contributed by atoms with Gasteiger partial charge in [-0.1, -0.05) is 140 Å². The zero-order chi connectivity index (χ0) is 34.1. The van der Waals surface area contributed by atoms with Gasteiger partial charge in [-0.05, 0) is 63.7 Å². The fourth-order valence-corrected chi connectivity index (χ4v) is 6.70. The molecule has 0 unspecified atom stereocenters. The van der Waals surface area contributed by atoms with Crippen molar-refractivity contribution in [3.8, 4) is 67.5 Å². The number of furan rings is 1. The molecule has 5 heteroatoms. The average molecular weight is 653 g/mol. The van der Waals surface area contributed by atoms with Gasteiger partial charge >= 0.3 is 0 Å². The molecule has 0 radical (unpaired) electrons. The molecule has 2 heterocycles. The first-order chi connectivity index (χ1) is 25.2. The second-order valence-electron chi connectivity index (χ2n) is 12.3. The van der Waals surface area contributed by atoms with E-state index >= 15 is 0 Å². The van der Waals surface area contributed by atoms with Gasteiger partial charge in [0.25, 0.3) is 0 Å². The van der Waals surface area contributed by atoms with Gasteiger partial charge in [-0.2, -0.15) is 0 Å². The molecule has 5 nitrogen and oxygen atoms in total. The predicted molar refractivity (Wildman–Crippen MR) is 206 cm³/mol. The normalized spacial score (nSPS) is 11.1. The average Bonchev–Trinajstić information content (AvgIpc) is 3.60. The standard InChI is InChI=1S/C46H28N4O/c1-47-40-23-9-8-21-37(40)33-18-11-20-35(28-33)45-48-44(34-19-10-17-32(27-34)30-13-4-2-5-14-30)49-46(50-45)36-25-26-39-42(29-36)51-41-24-12-22-38(43(39)41)31-15-6-3-7-16-31/h2-29H. The van der Waals surface area contributed by atoms with Gasteiger partial charge in [0.2, 0.25) is 0 Å². The van der Waals surface area contributed by atoms with Crippen molar-refractivity contribution < 1.29 is 4.42 Å². The van der Waals surface area contributed by atoms with Crippen LogP contribution in [0.5, 0.6) is 0 Å². The fraction of sp³-hybridized carbons (Fsp3) is 0. The molecule has 7 aromatic carbocycles. The molecular weight excluding hydrogens is 625 g/mol. The fourth-order valence-electron chi connectivity index (χ4n) is 6.70. The molecule has 0 fully saturated rings. The van der Waals surface area contributed by atoms with Crippen LogP contribution in [0.3, 0.4) is 0 Å². The van der Waals surface area contributed by atoms with Crippen molar-refractivity contribution in [3.05, 3.63) is 181 Å². The third-order valence-corrected chi connectivity index (χ3v) is 9.16. The Morgan fingerprint density at radius 3 is 1.63 bits per heavy atom. The van der Waals surface area contributed by atoms with E-state index < -0.39 is 0 Å². The maximum absolute atomic E-state index is 7.71. The minimum Gasteiger partial charge on any atom is -0.456 e. The third-order valence-electron chi connectivity index (χ3n) is 9.16. The Morgan fingerprint density at radius 1 is 0.392 bits per heavy atom. The lowest BCUT2D eigenvalue weighted by atomic mass is 9.99. The summed E-state index contributed by atoms with van der Waals surface area (Å²) in [6.45, 7) is 7.71. The molecule has 0 saturated heterocycles. The number of benzene rings is 7. The number of hydrogen-bond acceptors (Lipinski definition) is 4. The van der Waals surface area contributed by atoms with Crippen LogP contribution in [0.15, 0.2) is 174 Å². The molecule has 0 aliphatic rings. The number of aromatic nitrogens is 3. The third kappa shape index (κ3) is 5.61. The number of fused-ring (bicyclic) bond motifs is 3. The highest BCUT2D eigenvalue weighted by atomic mass is 16.3. The summed E-state index contributed by atoms with van der Waals surface area (Å²) in [7, 11) is 0. The van der Waals surface area contributed by atoms with Gasteiger partial charge in [-0.15, -0.1) is 0 Å². The highest BCUT2D eigenvalue weighted by Gasteiger charge is 2.17. The quantitative estimate of drug-likeness (QED) is 0.168. The summed E-state index contributed by atoms with van der Waals surface area (Å²) in [6, 6.07) is 57.0. The summed E-state index contributed by atoms with van der Waals surface area (Å²) in [5.74, 6) is 1.65. The topological polar surface area (TPSA) is 56.2 Å². The molecule has 0 aliphatic heterocycles. The van der Waals surface area contributed by atoms with E-state index in [1.807, 2.05) is 103 Å². The summed E-state index contributed by atoms with van der Waals surface area (Å²) < 4.78 is 6.46. The molecule has 0 saturated carbocycles. The van der Waals surface area contributed by atoms with Crippen LogP contribution in [-0.4, -0.2) is 15.0 Å². The van der Waals surface area contributed by atoms with E-state index in [0.717, 1.165) is 72.0 Å². The summed E-state index contributed by atoms with van der Waals surface area (Å²) in [6.07, 6.45) is 0. The Kier molecular flexibility index (Phi) is 7.46. The highest BCUT2D eigenvalue weighted by Crippen LogP contribution is 2.39. The van der Waals surface area contributed by atoms with Crippen LogP contribution in [0.25, 0.3) is 94.3 Å². The second kappa shape index (κ2) is 12.7. The van der Waals surface area contributed by atoms with E-state index in [1.54, 1.807) is 0 Å². The summed E-state index contributed by atoms with van der Waals surface area (Å²) >= 11 is 0. The van der Waals surface area contributed by atoms with Crippen LogP contribution in [0.4, 0.5) is 5.69 Å². The number of para-hydroxylation sites is 1. The largest absolute Gasteiger partial charge is 0.456 e. The van der Waals surface area contributed by atoms with E-state index in [0.29, 0.717) is 23.2 Å². The Hall–Kier alpha value is -7.16. The maximum atomic E-state index is 7.71. The molecule has 0 bridgehead atoms. The van der Waals surface area contributed by atoms with Gasteiger partial charge in [-0.3, -0.25) is 0 Å². The van der Waals surface area contributed by atoms with Crippen molar-refractivity contribution in [2.45, 2.75) is 0 Å². The van der Waals surface area contributed by atoms with Crippen LogP contribution < -0.4 is 0 Å². The van der Waals surface area contributed by atoms with E-state index in [4.69, 9.17) is 25.9 Å². The predicted octanol–water partition coefficient (Wildman–Crippen LogP) is 12.3. The van der Waals surface area contributed by atoms with E-state index in [9.17, 15) is 0 Å². The smallest absolute Gasteiger partial charge is 0.194 e. The molecule has 9 aromatic rings. The minimum absolute atomic E-state index is 0.540. The summed E-state index contributed by atoms with van der Waals surface area (Å²) in [4.78, 5) is 18.9. The molecule has 2 aromatic heterocycles. The molecular formula is C46H28N4O. The first-order valence-electron chi connectivity index (χ1n) is 16.7. The van der Waals surface area contributed by atoms with Crippen LogP contribution >= 0.6 is 0 Å². The maximum Gasteiger partial charge on any atom is 0.194 e. The van der Waals surface area contributed by atoms with Gasteiger partial charge in [0.15, 0.2) is 23.2 Å². The van der Waals surface area contributed by atoms with Crippen LogP contribution in [-0.2, 0) is 0 Å². The lowest BCUT2D eigenvalue weighted by Crippen LogP contribution is -2.00. The lowest BCUT2D eigenvalue weighted by molar-refractivity contribution is 0.669. The molecule has 0 N–H and O–H groups in total. The van der Waals surface area contributed by atoms with Gasteiger partial charge in [-0.25, -0.2) is 19.8 Å². The Morgan fingerprint density at radius 2 is 0.922 bits per heavy atom. The number of rotatable bonds is 6. The molecule has 0 atom stereocenters. The summed E-state index contributed by atoms with van der Waals surface area (Å²) in [5, 5.41) is 2.11. The SMILES string of the molecule is [C-]#[N+]c1ccccc1-c1cccc(-c2nc(-c3cccc(-c4ccccc4)c3)nc(-c3ccc4c(c3)oc3cccc(-c5ccccc5)c34)n2)c1. The number of nitrogens with zero attached hydrogens (tertiary/aromatic N) is 4. The van der Waals surface area contributed by atoms with E-state index in [2.05, 4.69) is 71.6 Å². The van der Waals surface area contributed by atoms with Crippen molar-refractivity contribution in [2.75, 3.05) is 0 Å². The summed E-state index contributed by atoms with van der Waals surface area (Å²) in [5.41, 5.74) is 11.0. The van der Waals surface area contributed by atoms with Gasteiger partial charge in [0.1, 0.15) is 11.2 Å². The molecule has 0 spiro atoms. The monoisotopic (exact) mass is 652 g/mol. The van der Waals surface area contributed by atoms with Gasteiger partial charge < -0.3 is 4.42 Å². The van der Waals surface area contributed by atoms with Crippen molar-refractivity contribution >= 4 is 27.6 Å². The van der Waals surface area contributed by atoms with Crippen molar-refractivity contribution in [1.82, 2.24) is 15.0 Å². The number of hydrogen-bond donors (Lipinski definition) is 0. The molecule has 51 heavy (non-hydrogen) atoms. The first-order valence-corrected chi connectivity index (χ1v) is 16.7. The van der Waals surface area contributed by atoms with E-state index in [-0.39, 0.29) is 0 Å². The zero-order valence-corrected chi connectivity index (χ0v) is 27.4. The Bertz CT molecular complexity index is 2760. The van der Waals surface area contributed by atoms with Crippen molar-refractivity contribution in [1.29, 1.82) is 0 Å². The van der Waals surface area contributed by atoms with Crippen LogP contribution in [0, 0.1) is 6.57 Å². The van der Waals surface area contributed by atoms with Gasteiger partial charge in [0, 0.05) is 27.5 Å². The van der Waals surface area contributed by atoms with Crippen LogP contribution in [0.2, 0.25) is 0 Å². The van der Waals surface area contributed by atoms with Crippen molar-refractivity contribution in [2.24, 2.45) is 0 Å². The van der Waals surface area contributed by atoms with E-state index in [1.165, 1.54) is 0 Å². The molecule has 0 amide bonds. The van der Waals surface area contributed by atoms with Crippen LogP contribution in [0.1, 0.15) is 0 Å². The molecule has 238 valence electrons. The zero-order valence-electron chi connectivity index (χ0n) is 27.4. The Balaban J connectivity index is 1.21. The van der Waals surface area contributed by atoms with Crippen molar-refractivity contribution in [3.63, 3.8) is 0 Å². The molecule has 9 rings (SSSR count). The molecule has 0 aliphatic carbocycles. The van der Waals surface area contributed by atoms with Gasteiger partial charge in [0.05, 0.1) is 6.57 Å².